The maximum absolute atomic E-state index is 14.1. The summed E-state index contributed by atoms with van der Waals surface area (Å²) in [5, 5.41) is 0.00997. The van der Waals surface area contributed by atoms with E-state index in [0.717, 1.165) is 6.07 Å². The van der Waals surface area contributed by atoms with Crippen LogP contribution in [0.2, 0.25) is 5.15 Å². The molecule has 120 valence electrons. The molecule has 0 aliphatic heterocycles. The summed E-state index contributed by atoms with van der Waals surface area (Å²) in [6, 6.07) is 3.07. The van der Waals surface area contributed by atoms with Crippen LogP contribution in [-0.4, -0.2) is 19.5 Å². The van der Waals surface area contributed by atoms with Crippen molar-refractivity contribution in [2.75, 3.05) is 5.73 Å². The fourth-order valence-corrected chi connectivity index (χ4v) is 2.37. The normalized spacial score (nSPS) is 12.0. The molecule has 0 aliphatic rings. The van der Waals surface area contributed by atoms with E-state index in [1.807, 2.05) is 0 Å². The van der Waals surface area contributed by atoms with Crippen molar-refractivity contribution in [3.8, 4) is 0 Å². The number of hydrogen-bond acceptors (Lipinski definition) is 4. The highest BCUT2D eigenvalue weighted by molar-refractivity contribution is 6.33. The second-order valence-corrected chi connectivity index (χ2v) is 5.05. The van der Waals surface area contributed by atoms with Crippen LogP contribution in [0.4, 0.5) is 23.5 Å². The lowest BCUT2D eigenvalue weighted by atomic mass is 10.1. The van der Waals surface area contributed by atoms with Gasteiger partial charge in [-0.2, -0.15) is 23.1 Å². The number of fused-ring (bicyclic) bond motifs is 1. The lowest BCUT2D eigenvalue weighted by Gasteiger charge is -2.11. The molecule has 2 heterocycles. The summed E-state index contributed by atoms with van der Waals surface area (Å²) < 4.78 is 53.7. The van der Waals surface area contributed by atoms with Gasteiger partial charge in [0.1, 0.15) is 11.3 Å². The molecule has 0 fully saturated rings. The molecule has 2 N–H and O–H groups in total. The number of nitrogen functional groups attached to an aromatic ring is 1. The Morgan fingerprint density at radius 1 is 1.22 bits per heavy atom. The Hall–Kier alpha value is -2.42. The van der Waals surface area contributed by atoms with E-state index in [9.17, 15) is 17.6 Å². The van der Waals surface area contributed by atoms with Crippen LogP contribution in [0, 0.1) is 5.82 Å². The Balaban J connectivity index is 2.07. The second kappa shape index (κ2) is 5.34. The predicted molar refractivity (Wildman–Crippen MR) is 75.2 cm³/mol. The van der Waals surface area contributed by atoms with Crippen LogP contribution in [0.5, 0.6) is 0 Å². The van der Waals surface area contributed by atoms with E-state index in [0.29, 0.717) is 6.07 Å². The smallest absolute Gasteiger partial charge is 0.368 e. The number of hydrogen-bond donors (Lipinski definition) is 1. The fraction of sp³-hybridized carbons (Fsp3) is 0.154. The third-order valence-corrected chi connectivity index (χ3v) is 3.43. The zero-order valence-corrected chi connectivity index (χ0v) is 12.0. The molecule has 23 heavy (non-hydrogen) atoms. The zero-order valence-electron chi connectivity index (χ0n) is 11.3. The van der Waals surface area contributed by atoms with Crippen molar-refractivity contribution in [2.24, 2.45) is 0 Å². The van der Waals surface area contributed by atoms with Gasteiger partial charge >= 0.3 is 6.18 Å². The largest absolute Gasteiger partial charge is 0.419 e. The fourth-order valence-electron chi connectivity index (χ4n) is 2.15. The van der Waals surface area contributed by atoms with Gasteiger partial charge in [0.2, 0.25) is 5.95 Å². The standard InChI is InChI=1S/C13H8ClF4N5/c14-10-9-11(22-12(19)21-10)23(5-20-9)4-6-2-1-3-7(8(6)15)13(16,17)18/h1-3,5H,4H2,(H2,19,21,22). The van der Waals surface area contributed by atoms with E-state index < -0.39 is 17.6 Å². The lowest BCUT2D eigenvalue weighted by molar-refractivity contribution is -0.140. The second-order valence-electron chi connectivity index (χ2n) is 4.69. The van der Waals surface area contributed by atoms with E-state index in [1.54, 1.807) is 0 Å². The van der Waals surface area contributed by atoms with Crippen molar-refractivity contribution in [1.82, 2.24) is 19.5 Å². The molecule has 0 radical (unpaired) electrons. The number of anilines is 1. The number of benzene rings is 1. The third-order valence-electron chi connectivity index (χ3n) is 3.16. The molecule has 10 heteroatoms. The topological polar surface area (TPSA) is 69.6 Å². The molecule has 1 aromatic carbocycles. The summed E-state index contributed by atoms with van der Waals surface area (Å²) in [5.41, 5.74) is 4.44. The summed E-state index contributed by atoms with van der Waals surface area (Å²) >= 11 is 5.87. The Bertz CT molecular complexity index is 890. The van der Waals surface area contributed by atoms with E-state index in [4.69, 9.17) is 17.3 Å². The SMILES string of the molecule is Nc1nc(Cl)c2ncn(Cc3cccc(C(F)(F)F)c3F)c2n1. The number of alkyl halides is 3. The number of rotatable bonds is 2. The first-order valence-corrected chi connectivity index (χ1v) is 6.63. The summed E-state index contributed by atoms with van der Waals surface area (Å²) in [7, 11) is 0. The molecule has 3 aromatic rings. The van der Waals surface area contributed by atoms with E-state index in [-0.39, 0.29) is 34.4 Å². The third kappa shape index (κ3) is 2.79. The van der Waals surface area contributed by atoms with Crippen molar-refractivity contribution in [3.05, 3.63) is 46.6 Å². The quantitative estimate of drug-likeness (QED) is 0.571. The van der Waals surface area contributed by atoms with Gasteiger partial charge in [-0.3, -0.25) is 0 Å². The monoisotopic (exact) mass is 345 g/mol. The average molecular weight is 346 g/mol. The van der Waals surface area contributed by atoms with E-state index in [1.165, 1.54) is 17.0 Å². The minimum absolute atomic E-state index is 0.00997. The summed E-state index contributed by atoms with van der Waals surface area (Å²) in [4.78, 5) is 11.6. The highest BCUT2D eigenvalue weighted by Crippen LogP contribution is 2.32. The molecular formula is C13H8ClF4N5. The van der Waals surface area contributed by atoms with E-state index >= 15 is 0 Å². The first-order chi connectivity index (χ1) is 10.8. The highest BCUT2D eigenvalue weighted by atomic mass is 35.5. The van der Waals surface area contributed by atoms with Crippen LogP contribution in [0.3, 0.4) is 0 Å². The molecule has 0 bridgehead atoms. The van der Waals surface area contributed by atoms with Gasteiger partial charge in [0.25, 0.3) is 0 Å². The number of halogens is 5. The van der Waals surface area contributed by atoms with E-state index in [2.05, 4.69) is 15.0 Å². The minimum Gasteiger partial charge on any atom is -0.368 e. The van der Waals surface area contributed by atoms with Gasteiger partial charge < -0.3 is 10.3 Å². The molecule has 5 nitrogen and oxygen atoms in total. The molecule has 0 saturated carbocycles. The number of nitrogens with two attached hydrogens (primary N) is 1. The van der Waals surface area contributed by atoms with Gasteiger partial charge in [-0.25, -0.2) is 9.37 Å². The first kappa shape index (κ1) is 15.5. The van der Waals surface area contributed by atoms with Crippen molar-refractivity contribution in [3.63, 3.8) is 0 Å². The van der Waals surface area contributed by atoms with Crippen LogP contribution >= 0.6 is 11.6 Å². The molecule has 2 aromatic heterocycles. The van der Waals surface area contributed by atoms with Gasteiger partial charge in [-0.1, -0.05) is 23.7 Å². The summed E-state index contributed by atoms with van der Waals surface area (Å²) in [6.07, 6.45) is -3.49. The Morgan fingerprint density at radius 3 is 2.65 bits per heavy atom. The van der Waals surface area contributed by atoms with Crippen molar-refractivity contribution < 1.29 is 17.6 Å². The van der Waals surface area contributed by atoms with Crippen LogP contribution < -0.4 is 5.73 Å². The molecule has 0 spiro atoms. The van der Waals surface area contributed by atoms with Crippen molar-refractivity contribution in [1.29, 1.82) is 0 Å². The predicted octanol–water partition coefficient (Wildman–Crippen LogP) is 3.27. The minimum atomic E-state index is -4.77. The molecule has 3 rings (SSSR count). The van der Waals surface area contributed by atoms with Crippen LogP contribution in [0.25, 0.3) is 11.2 Å². The molecule has 0 atom stereocenters. The van der Waals surface area contributed by atoms with Gasteiger partial charge in [0.05, 0.1) is 18.4 Å². The molecule has 0 unspecified atom stereocenters. The number of aromatic nitrogens is 4. The van der Waals surface area contributed by atoms with Gasteiger partial charge in [0, 0.05) is 5.56 Å². The first-order valence-electron chi connectivity index (χ1n) is 6.26. The van der Waals surface area contributed by atoms with Crippen LogP contribution in [-0.2, 0) is 12.7 Å². The Kier molecular flexibility index (Phi) is 3.59. The zero-order chi connectivity index (χ0) is 16.8. The Labute approximate surface area is 131 Å². The molecular weight excluding hydrogens is 338 g/mol. The summed E-state index contributed by atoms with van der Waals surface area (Å²) in [5.74, 6) is -1.45. The highest BCUT2D eigenvalue weighted by Gasteiger charge is 2.34. The molecule has 0 amide bonds. The maximum Gasteiger partial charge on any atom is 0.419 e. The lowest BCUT2D eigenvalue weighted by Crippen LogP contribution is -2.11. The Morgan fingerprint density at radius 2 is 1.96 bits per heavy atom. The van der Waals surface area contributed by atoms with Crippen LogP contribution in [0.1, 0.15) is 11.1 Å². The van der Waals surface area contributed by atoms with Gasteiger partial charge in [-0.15, -0.1) is 0 Å². The average Bonchev–Trinajstić information content (AvgIpc) is 2.83. The van der Waals surface area contributed by atoms with Crippen LogP contribution in [0.15, 0.2) is 24.5 Å². The summed E-state index contributed by atoms with van der Waals surface area (Å²) in [6.45, 7) is -0.209. The van der Waals surface area contributed by atoms with Crippen molar-refractivity contribution in [2.45, 2.75) is 12.7 Å². The molecule has 0 aliphatic carbocycles. The maximum atomic E-state index is 14.1. The number of imidazole rings is 1. The van der Waals surface area contributed by atoms with Gasteiger partial charge in [-0.05, 0) is 6.07 Å². The van der Waals surface area contributed by atoms with Gasteiger partial charge in [0.15, 0.2) is 10.8 Å². The molecule has 0 saturated heterocycles. The van der Waals surface area contributed by atoms with Crippen molar-refractivity contribution >= 4 is 28.7 Å². The number of nitrogens with zero attached hydrogens (tertiary/aromatic N) is 4.